The van der Waals surface area contributed by atoms with Crippen LogP contribution in [0.5, 0.6) is 0 Å². The fourth-order valence-electron chi connectivity index (χ4n) is 3.07. The van der Waals surface area contributed by atoms with Crippen LogP contribution in [0.1, 0.15) is 22.5 Å². The minimum atomic E-state index is -0.0618. The minimum Gasteiger partial charge on any atom is -0.459 e. The van der Waals surface area contributed by atoms with E-state index in [9.17, 15) is 9.59 Å². The maximum Gasteiger partial charge on any atom is 0.289 e. The number of benzene rings is 1. The van der Waals surface area contributed by atoms with E-state index in [0.29, 0.717) is 31.8 Å². The third-order valence-electron chi connectivity index (χ3n) is 4.63. The zero-order chi connectivity index (χ0) is 18.2. The van der Waals surface area contributed by atoms with E-state index < -0.39 is 0 Å². The van der Waals surface area contributed by atoms with Gasteiger partial charge in [-0.05, 0) is 24.1 Å². The van der Waals surface area contributed by atoms with E-state index in [1.54, 1.807) is 17.0 Å². The van der Waals surface area contributed by atoms with Gasteiger partial charge in [-0.1, -0.05) is 30.3 Å². The second-order valence-corrected chi connectivity index (χ2v) is 6.45. The van der Waals surface area contributed by atoms with Crippen molar-refractivity contribution in [2.24, 2.45) is 0 Å². The Hall–Kier alpha value is -2.60. The van der Waals surface area contributed by atoms with E-state index in [0.717, 1.165) is 26.1 Å². The molecular weight excluding hydrogens is 330 g/mol. The van der Waals surface area contributed by atoms with Gasteiger partial charge in [0.25, 0.3) is 5.91 Å². The molecule has 1 aliphatic heterocycles. The molecule has 2 amide bonds. The number of rotatable bonds is 7. The van der Waals surface area contributed by atoms with Gasteiger partial charge in [0.15, 0.2) is 5.76 Å². The van der Waals surface area contributed by atoms with Gasteiger partial charge in [0, 0.05) is 45.7 Å². The molecule has 0 aliphatic carbocycles. The third-order valence-corrected chi connectivity index (χ3v) is 4.63. The summed E-state index contributed by atoms with van der Waals surface area (Å²) in [6.07, 6.45) is 2.85. The van der Waals surface area contributed by atoms with E-state index in [1.807, 2.05) is 18.2 Å². The Labute approximate surface area is 153 Å². The molecule has 1 saturated heterocycles. The summed E-state index contributed by atoms with van der Waals surface area (Å²) in [5.41, 5.74) is 1.23. The molecule has 0 unspecified atom stereocenters. The van der Waals surface area contributed by atoms with Gasteiger partial charge < -0.3 is 14.6 Å². The van der Waals surface area contributed by atoms with Crippen molar-refractivity contribution < 1.29 is 14.0 Å². The summed E-state index contributed by atoms with van der Waals surface area (Å²) in [5.74, 6) is 0.402. The van der Waals surface area contributed by atoms with Gasteiger partial charge in [-0.2, -0.15) is 0 Å². The molecule has 0 radical (unpaired) electrons. The van der Waals surface area contributed by atoms with E-state index in [1.165, 1.54) is 11.8 Å². The fourth-order valence-corrected chi connectivity index (χ4v) is 3.07. The van der Waals surface area contributed by atoms with Gasteiger partial charge in [-0.3, -0.25) is 14.5 Å². The van der Waals surface area contributed by atoms with Crippen LogP contribution in [0.15, 0.2) is 53.1 Å². The molecule has 2 heterocycles. The Kier molecular flexibility index (Phi) is 6.44. The highest BCUT2D eigenvalue weighted by Gasteiger charge is 2.23. The van der Waals surface area contributed by atoms with E-state index in [4.69, 9.17) is 4.42 Å². The molecule has 3 rings (SSSR count). The maximum atomic E-state index is 12.2. The average Bonchev–Trinajstić information content (AvgIpc) is 3.22. The monoisotopic (exact) mass is 355 g/mol. The summed E-state index contributed by atoms with van der Waals surface area (Å²) in [4.78, 5) is 28.2. The number of hydrogen-bond donors (Lipinski definition) is 1. The van der Waals surface area contributed by atoms with Crippen molar-refractivity contribution in [1.29, 1.82) is 0 Å². The molecule has 0 atom stereocenters. The van der Waals surface area contributed by atoms with Crippen molar-refractivity contribution in [3.63, 3.8) is 0 Å². The van der Waals surface area contributed by atoms with Gasteiger partial charge >= 0.3 is 0 Å². The normalized spacial score (nSPS) is 15.0. The van der Waals surface area contributed by atoms with Crippen LogP contribution in [0.4, 0.5) is 0 Å². The summed E-state index contributed by atoms with van der Waals surface area (Å²) in [6, 6.07) is 13.5. The van der Waals surface area contributed by atoms with E-state index in [-0.39, 0.29) is 11.8 Å². The summed E-state index contributed by atoms with van der Waals surface area (Å²) in [6.45, 7) is 4.27. The summed E-state index contributed by atoms with van der Waals surface area (Å²) in [7, 11) is 0. The zero-order valence-electron chi connectivity index (χ0n) is 14.9. The molecule has 1 fully saturated rings. The van der Waals surface area contributed by atoms with E-state index in [2.05, 4.69) is 22.3 Å². The number of furan rings is 1. The Morgan fingerprint density at radius 3 is 2.46 bits per heavy atom. The van der Waals surface area contributed by atoms with Crippen LogP contribution in [0.3, 0.4) is 0 Å². The van der Waals surface area contributed by atoms with Gasteiger partial charge in [-0.25, -0.2) is 0 Å². The molecule has 1 aromatic carbocycles. The third kappa shape index (κ3) is 5.20. The van der Waals surface area contributed by atoms with Crippen LogP contribution >= 0.6 is 0 Å². The molecule has 1 aromatic heterocycles. The molecule has 0 saturated carbocycles. The van der Waals surface area contributed by atoms with Gasteiger partial charge in [0.05, 0.1) is 6.26 Å². The summed E-state index contributed by atoms with van der Waals surface area (Å²) < 4.78 is 5.17. The zero-order valence-corrected chi connectivity index (χ0v) is 14.9. The largest absolute Gasteiger partial charge is 0.459 e. The number of nitrogens with zero attached hydrogens (tertiary/aromatic N) is 2. The number of amides is 2. The van der Waals surface area contributed by atoms with Crippen LogP contribution in [-0.2, 0) is 11.2 Å². The molecule has 26 heavy (non-hydrogen) atoms. The standard InChI is InChI=1S/C20H25N3O3/c24-19(21-10-8-17-5-2-1-3-6-17)9-11-22-12-14-23(15-13-22)20(25)18-7-4-16-26-18/h1-7,16H,8-15H2,(H,21,24). The topological polar surface area (TPSA) is 65.8 Å². The summed E-state index contributed by atoms with van der Waals surface area (Å²) in [5, 5.41) is 2.97. The first-order valence-electron chi connectivity index (χ1n) is 9.08. The fraction of sp³-hybridized carbons (Fsp3) is 0.400. The number of nitrogens with one attached hydrogen (secondary N) is 1. The Bertz CT molecular complexity index is 692. The molecule has 1 N–H and O–H groups in total. The number of piperazine rings is 1. The average molecular weight is 355 g/mol. The lowest BCUT2D eigenvalue weighted by atomic mass is 10.1. The van der Waals surface area contributed by atoms with Gasteiger partial charge in [0.2, 0.25) is 5.91 Å². The first-order valence-corrected chi connectivity index (χ1v) is 9.08. The molecular formula is C20H25N3O3. The highest BCUT2D eigenvalue weighted by Crippen LogP contribution is 2.09. The van der Waals surface area contributed by atoms with Crippen molar-refractivity contribution in [1.82, 2.24) is 15.1 Å². The lowest BCUT2D eigenvalue weighted by Gasteiger charge is -2.34. The quantitative estimate of drug-likeness (QED) is 0.822. The highest BCUT2D eigenvalue weighted by molar-refractivity contribution is 5.91. The van der Waals surface area contributed by atoms with Crippen LogP contribution in [0.25, 0.3) is 0 Å². The van der Waals surface area contributed by atoms with Gasteiger partial charge in [-0.15, -0.1) is 0 Å². The Morgan fingerprint density at radius 1 is 1.00 bits per heavy atom. The second kappa shape index (κ2) is 9.20. The van der Waals surface area contributed by atoms with Crippen molar-refractivity contribution in [3.8, 4) is 0 Å². The molecule has 0 spiro atoms. The SMILES string of the molecule is O=C(CCN1CCN(C(=O)c2ccco2)CC1)NCCc1ccccc1. The lowest BCUT2D eigenvalue weighted by Crippen LogP contribution is -2.49. The first kappa shape index (κ1) is 18.2. The summed E-state index contributed by atoms with van der Waals surface area (Å²) >= 11 is 0. The smallest absolute Gasteiger partial charge is 0.289 e. The van der Waals surface area contributed by atoms with Crippen LogP contribution in [0, 0.1) is 0 Å². The second-order valence-electron chi connectivity index (χ2n) is 6.45. The van der Waals surface area contributed by atoms with Gasteiger partial charge in [0.1, 0.15) is 0 Å². The molecule has 138 valence electrons. The Balaban J connectivity index is 1.31. The van der Waals surface area contributed by atoms with Crippen molar-refractivity contribution in [3.05, 3.63) is 60.1 Å². The maximum absolute atomic E-state index is 12.2. The van der Waals surface area contributed by atoms with Crippen LogP contribution in [0.2, 0.25) is 0 Å². The predicted octanol–water partition coefficient (Wildman–Crippen LogP) is 1.79. The number of hydrogen-bond acceptors (Lipinski definition) is 4. The van der Waals surface area contributed by atoms with Crippen LogP contribution in [-0.4, -0.2) is 60.9 Å². The molecule has 6 nitrogen and oxygen atoms in total. The van der Waals surface area contributed by atoms with Crippen molar-refractivity contribution >= 4 is 11.8 Å². The molecule has 6 heteroatoms. The highest BCUT2D eigenvalue weighted by atomic mass is 16.3. The van der Waals surface area contributed by atoms with Crippen LogP contribution < -0.4 is 5.32 Å². The number of carbonyl (C=O) groups excluding carboxylic acids is 2. The first-order chi connectivity index (χ1) is 12.7. The molecule has 0 bridgehead atoms. The Morgan fingerprint density at radius 2 is 1.77 bits per heavy atom. The minimum absolute atomic E-state index is 0.0618. The molecule has 2 aromatic rings. The molecule has 1 aliphatic rings. The predicted molar refractivity (Wildman–Crippen MR) is 98.8 cm³/mol. The van der Waals surface area contributed by atoms with Crippen molar-refractivity contribution in [2.75, 3.05) is 39.3 Å². The van der Waals surface area contributed by atoms with Crippen molar-refractivity contribution in [2.45, 2.75) is 12.8 Å². The lowest BCUT2D eigenvalue weighted by molar-refractivity contribution is -0.121. The van der Waals surface area contributed by atoms with E-state index >= 15 is 0 Å². The number of carbonyl (C=O) groups is 2.